The number of ketones is 1. The summed E-state index contributed by atoms with van der Waals surface area (Å²) >= 11 is 0. The molecule has 0 aliphatic carbocycles. The molecule has 1 aliphatic rings. The van der Waals surface area contributed by atoms with Crippen LogP contribution in [0.25, 0.3) is 11.1 Å². The maximum absolute atomic E-state index is 14.9. The van der Waals surface area contributed by atoms with E-state index in [1.165, 1.54) is 6.07 Å². The maximum Gasteiger partial charge on any atom is 0.324 e. The van der Waals surface area contributed by atoms with Crippen molar-refractivity contribution in [2.45, 2.75) is 6.54 Å². The van der Waals surface area contributed by atoms with Gasteiger partial charge in [0, 0.05) is 55.4 Å². The molecule has 2 heterocycles. The first-order valence-electron chi connectivity index (χ1n) is 11.2. The number of halogens is 1. The van der Waals surface area contributed by atoms with Crippen molar-refractivity contribution in [3.63, 3.8) is 0 Å². The molecule has 1 aromatic heterocycles. The summed E-state index contributed by atoms with van der Waals surface area (Å²) in [6.07, 6.45) is 3.50. The van der Waals surface area contributed by atoms with E-state index in [-0.39, 0.29) is 30.5 Å². The molecule has 0 unspecified atom stereocenters. The summed E-state index contributed by atoms with van der Waals surface area (Å²) in [5.41, 5.74) is 8.55. The van der Waals surface area contributed by atoms with Gasteiger partial charge < -0.3 is 15.5 Å². The van der Waals surface area contributed by atoms with Crippen LogP contribution in [0.3, 0.4) is 0 Å². The Morgan fingerprint density at radius 2 is 1.76 bits per heavy atom. The zero-order valence-electron chi connectivity index (χ0n) is 19.2. The van der Waals surface area contributed by atoms with Crippen molar-refractivity contribution < 1.29 is 14.0 Å². The predicted octanol–water partition coefficient (Wildman–Crippen LogP) is 3.40. The number of amides is 2. The molecule has 3 aromatic rings. The van der Waals surface area contributed by atoms with E-state index in [1.807, 2.05) is 43.4 Å². The fourth-order valence-corrected chi connectivity index (χ4v) is 3.94. The number of carbonyl (C=O) groups excluding carboxylic acids is 2. The van der Waals surface area contributed by atoms with Gasteiger partial charge in [0.15, 0.2) is 5.78 Å². The minimum Gasteiger partial charge on any atom is -0.324 e. The van der Waals surface area contributed by atoms with Gasteiger partial charge in [0.25, 0.3) is 0 Å². The highest BCUT2D eigenvalue weighted by atomic mass is 19.1. The Labute approximate surface area is 198 Å². The molecule has 7 nitrogen and oxygen atoms in total. The number of nitrogens with two attached hydrogens (primary N) is 1. The van der Waals surface area contributed by atoms with Crippen molar-refractivity contribution in [2.24, 2.45) is 5.73 Å². The van der Waals surface area contributed by atoms with Crippen LogP contribution < -0.4 is 10.6 Å². The molecule has 0 radical (unpaired) electrons. The van der Waals surface area contributed by atoms with Crippen LogP contribution in [-0.2, 0) is 6.54 Å². The van der Waals surface area contributed by atoms with Gasteiger partial charge in [-0.05, 0) is 42.4 Å². The lowest BCUT2D eigenvalue weighted by molar-refractivity contribution is 0.100. The highest BCUT2D eigenvalue weighted by Gasteiger charge is 2.26. The number of Topliss-reactive ketones (excluding diaryl/α,β-unsaturated/α-hetero) is 1. The normalized spacial score (nSPS) is 14.1. The molecule has 34 heavy (non-hydrogen) atoms. The number of carbonyl (C=O) groups is 2. The van der Waals surface area contributed by atoms with Crippen molar-refractivity contribution in [2.75, 3.05) is 44.7 Å². The molecule has 2 amide bonds. The first kappa shape index (κ1) is 23.5. The first-order valence-corrected chi connectivity index (χ1v) is 11.2. The highest BCUT2D eigenvalue weighted by molar-refractivity contribution is 5.97. The van der Waals surface area contributed by atoms with Crippen LogP contribution >= 0.6 is 0 Å². The van der Waals surface area contributed by atoms with Gasteiger partial charge in [-0.2, -0.15) is 0 Å². The molecule has 1 fully saturated rings. The third kappa shape index (κ3) is 5.30. The molecule has 0 bridgehead atoms. The summed E-state index contributed by atoms with van der Waals surface area (Å²) in [5.74, 6) is -0.871. The summed E-state index contributed by atoms with van der Waals surface area (Å²) in [7, 11) is 2.02. The summed E-state index contributed by atoms with van der Waals surface area (Å²) in [6, 6.07) is 15.5. The minimum atomic E-state index is -0.539. The monoisotopic (exact) mass is 461 g/mol. The first-order chi connectivity index (χ1) is 16.5. The predicted molar refractivity (Wildman–Crippen MR) is 130 cm³/mol. The van der Waals surface area contributed by atoms with Gasteiger partial charge >= 0.3 is 6.03 Å². The van der Waals surface area contributed by atoms with Crippen LogP contribution in [-0.4, -0.2) is 66.4 Å². The van der Waals surface area contributed by atoms with Gasteiger partial charge in [-0.3, -0.25) is 14.7 Å². The van der Waals surface area contributed by atoms with Crippen LogP contribution in [0.1, 0.15) is 15.9 Å². The Balaban J connectivity index is 1.63. The molecule has 8 heteroatoms. The van der Waals surface area contributed by atoms with Crippen LogP contribution in [0, 0.1) is 5.82 Å². The number of hydrogen-bond acceptors (Lipinski definition) is 5. The van der Waals surface area contributed by atoms with Crippen LogP contribution in [0.2, 0.25) is 0 Å². The van der Waals surface area contributed by atoms with Crippen LogP contribution in [0.4, 0.5) is 14.9 Å². The molecule has 2 N–H and O–H groups in total. The fourth-order valence-electron chi connectivity index (χ4n) is 3.94. The lowest BCUT2D eigenvalue weighted by atomic mass is 10.1. The molecule has 1 aliphatic heterocycles. The molecular weight excluding hydrogens is 433 g/mol. The fraction of sp³-hybridized carbons (Fsp3) is 0.269. The van der Waals surface area contributed by atoms with E-state index in [2.05, 4.69) is 9.88 Å². The van der Waals surface area contributed by atoms with Crippen molar-refractivity contribution in [1.29, 1.82) is 0 Å². The van der Waals surface area contributed by atoms with Gasteiger partial charge in [0.1, 0.15) is 5.82 Å². The van der Waals surface area contributed by atoms with E-state index in [9.17, 15) is 14.0 Å². The number of piperazine rings is 1. The largest absolute Gasteiger partial charge is 0.324 e. The van der Waals surface area contributed by atoms with Gasteiger partial charge in [-0.1, -0.05) is 30.3 Å². The number of rotatable bonds is 6. The number of pyridine rings is 1. The number of nitrogens with zero attached hydrogens (tertiary/aromatic N) is 4. The molecule has 176 valence electrons. The Morgan fingerprint density at radius 1 is 1.03 bits per heavy atom. The lowest BCUT2D eigenvalue weighted by Gasteiger charge is -2.36. The average molecular weight is 462 g/mol. The Morgan fingerprint density at radius 3 is 2.38 bits per heavy atom. The number of urea groups is 1. The van der Waals surface area contributed by atoms with E-state index < -0.39 is 5.82 Å². The number of likely N-dealkylation sites (N-methyl/N-ethyl adjacent to an activating group) is 1. The smallest absolute Gasteiger partial charge is 0.324 e. The van der Waals surface area contributed by atoms with Gasteiger partial charge in [0.05, 0.1) is 13.1 Å². The Hall–Kier alpha value is -3.62. The van der Waals surface area contributed by atoms with Gasteiger partial charge in [-0.15, -0.1) is 0 Å². The van der Waals surface area contributed by atoms with Crippen LogP contribution in [0.5, 0.6) is 0 Å². The van der Waals surface area contributed by atoms with E-state index in [0.29, 0.717) is 24.3 Å². The molecule has 0 spiro atoms. The molecule has 1 saturated heterocycles. The van der Waals surface area contributed by atoms with E-state index in [4.69, 9.17) is 5.73 Å². The highest BCUT2D eigenvalue weighted by Crippen LogP contribution is 2.26. The molecule has 0 saturated carbocycles. The third-order valence-electron chi connectivity index (χ3n) is 6.07. The number of benzene rings is 2. The average Bonchev–Trinajstić information content (AvgIpc) is 2.88. The van der Waals surface area contributed by atoms with Gasteiger partial charge in [-0.25, -0.2) is 9.18 Å². The van der Waals surface area contributed by atoms with E-state index >= 15 is 0 Å². The van der Waals surface area contributed by atoms with Crippen LogP contribution in [0.15, 0.2) is 67.0 Å². The SMILES string of the molecule is CN1CCN(C(=O)N(Cc2ccc(C(=O)CN)cc2F)c2ccc(-c3cccnc3)cc2)CC1. The number of hydrogen-bond donors (Lipinski definition) is 1. The minimum absolute atomic E-state index is 0.0420. The van der Waals surface area contributed by atoms with Crippen molar-refractivity contribution >= 4 is 17.5 Å². The summed E-state index contributed by atoms with van der Waals surface area (Å²) in [4.78, 5) is 35.1. The zero-order chi connectivity index (χ0) is 24.1. The topological polar surface area (TPSA) is 82.8 Å². The van der Waals surface area contributed by atoms with E-state index in [0.717, 1.165) is 24.2 Å². The van der Waals surface area contributed by atoms with Crippen molar-refractivity contribution in [1.82, 2.24) is 14.8 Å². The number of anilines is 1. The Bertz CT molecular complexity index is 1150. The molecule has 2 aromatic carbocycles. The standard InChI is InChI=1S/C26H28FN5O2/c1-30-11-13-31(14-12-30)26(34)32(18-22-5-4-20(15-24(22)27)25(33)16-28)23-8-6-19(7-9-23)21-3-2-10-29-17-21/h2-10,15,17H,11-14,16,18,28H2,1H3. The van der Waals surface area contributed by atoms with Crippen molar-refractivity contribution in [3.05, 3.63) is 83.9 Å². The number of aromatic nitrogens is 1. The molecule has 0 atom stereocenters. The van der Waals surface area contributed by atoms with Crippen molar-refractivity contribution in [3.8, 4) is 11.1 Å². The second-order valence-corrected chi connectivity index (χ2v) is 8.38. The summed E-state index contributed by atoms with van der Waals surface area (Å²) in [6.45, 7) is 2.63. The second-order valence-electron chi connectivity index (χ2n) is 8.38. The zero-order valence-corrected chi connectivity index (χ0v) is 19.2. The van der Waals surface area contributed by atoms with E-state index in [1.54, 1.807) is 34.3 Å². The lowest BCUT2D eigenvalue weighted by Crippen LogP contribution is -2.52. The second kappa shape index (κ2) is 10.5. The molecular formula is C26H28FN5O2. The summed E-state index contributed by atoms with van der Waals surface area (Å²) < 4.78 is 14.9. The summed E-state index contributed by atoms with van der Waals surface area (Å²) in [5, 5.41) is 0. The molecule has 4 rings (SSSR count). The third-order valence-corrected chi connectivity index (χ3v) is 6.07. The van der Waals surface area contributed by atoms with Gasteiger partial charge in [0.2, 0.25) is 0 Å². The quantitative estimate of drug-likeness (QED) is 0.569. The Kier molecular flexibility index (Phi) is 7.30. The maximum atomic E-state index is 14.9.